The molecule has 0 bridgehead atoms. The van der Waals surface area contributed by atoms with Gasteiger partial charge in [0.25, 0.3) is 5.88 Å². The van der Waals surface area contributed by atoms with Gasteiger partial charge in [-0.15, -0.1) is 5.10 Å². The first-order valence-electron chi connectivity index (χ1n) is 8.15. The van der Waals surface area contributed by atoms with Gasteiger partial charge in [0.1, 0.15) is 5.15 Å². The summed E-state index contributed by atoms with van der Waals surface area (Å²) in [7, 11) is 1.29. The van der Waals surface area contributed by atoms with Crippen molar-refractivity contribution in [2.45, 2.75) is 13.5 Å². The normalized spacial score (nSPS) is 10.5. The van der Waals surface area contributed by atoms with Gasteiger partial charge in [0.05, 0.1) is 19.3 Å². The summed E-state index contributed by atoms with van der Waals surface area (Å²) in [5.41, 5.74) is 0.114. The minimum atomic E-state index is -0.670. The number of hydrogen-bond acceptors (Lipinski definition) is 6. The van der Waals surface area contributed by atoms with Crippen LogP contribution in [0.2, 0.25) is 5.15 Å². The lowest BCUT2D eigenvalue weighted by Crippen LogP contribution is -2.41. The van der Waals surface area contributed by atoms with E-state index < -0.39 is 11.2 Å². The van der Waals surface area contributed by atoms with Gasteiger partial charge in [-0.2, -0.15) is 4.68 Å². The molecule has 0 fully saturated rings. The molecule has 10 heteroatoms. The summed E-state index contributed by atoms with van der Waals surface area (Å²) in [5.74, 6) is -0.498. The molecule has 1 amide bonds. The molecule has 0 unspecified atom stereocenters. The summed E-state index contributed by atoms with van der Waals surface area (Å²) in [6, 6.07) is 9.74. The topological polar surface area (TPSA) is 108 Å². The summed E-state index contributed by atoms with van der Waals surface area (Å²) in [6.45, 7) is 1.34. The number of benzene rings is 1. The van der Waals surface area contributed by atoms with Crippen molar-refractivity contribution in [1.29, 1.82) is 0 Å². The van der Waals surface area contributed by atoms with Crippen LogP contribution in [0.3, 0.4) is 0 Å². The van der Waals surface area contributed by atoms with E-state index in [-0.39, 0.29) is 18.3 Å². The summed E-state index contributed by atoms with van der Waals surface area (Å²) in [6.07, 6.45) is 1.48. The number of aromatic nitrogens is 4. The Balaban J connectivity index is 2.12. The molecule has 1 aromatic carbocycles. The van der Waals surface area contributed by atoms with E-state index in [0.29, 0.717) is 22.1 Å². The SMILES string of the molecule is COc1nn(-c2cccc(NC(C)=O)c2)c(=O)n(Cc2ccc(Cl)nc2)c1=O. The summed E-state index contributed by atoms with van der Waals surface area (Å²) in [5, 5.41) is 6.93. The van der Waals surface area contributed by atoms with E-state index in [1.807, 2.05) is 0 Å². The lowest BCUT2D eigenvalue weighted by Gasteiger charge is -2.12. The lowest BCUT2D eigenvalue weighted by atomic mass is 10.2. The fraction of sp³-hybridized carbons (Fsp3) is 0.167. The number of nitrogens with one attached hydrogen (secondary N) is 1. The largest absolute Gasteiger partial charge is 0.476 e. The molecule has 0 aliphatic heterocycles. The minimum Gasteiger partial charge on any atom is -0.476 e. The van der Waals surface area contributed by atoms with Gasteiger partial charge in [0, 0.05) is 18.8 Å². The second-order valence-corrected chi connectivity index (χ2v) is 6.20. The number of pyridine rings is 1. The maximum Gasteiger partial charge on any atom is 0.352 e. The van der Waals surface area contributed by atoms with Gasteiger partial charge in [-0.1, -0.05) is 23.7 Å². The standard InChI is InChI=1S/C18H16ClN5O4/c1-11(25)21-13-4-3-5-14(8-13)24-18(27)23(17(26)16(22-24)28-2)10-12-6-7-15(19)20-9-12/h3-9H,10H2,1-2H3,(H,21,25). The Kier molecular flexibility index (Phi) is 5.55. The number of hydrogen-bond donors (Lipinski definition) is 1. The quantitative estimate of drug-likeness (QED) is 0.648. The number of methoxy groups -OCH3 is 1. The number of nitrogens with zero attached hydrogens (tertiary/aromatic N) is 4. The number of ether oxygens (including phenoxy) is 1. The molecule has 144 valence electrons. The van der Waals surface area contributed by atoms with E-state index in [1.165, 1.54) is 20.2 Å². The zero-order valence-corrected chi connectivity index (χ0v) is 15.8. The van der Waals surface area contributed by atoms with Crippen LogP contribution in [0.5, 0.6) is 5.88 Å². The van der Waals surface area contributed by atoms with Gasteiger partial charge >= 0.3 is 11.2 Å². The Hall–Kier alpha value is -3.46. The van der Waals surface area contributed by atoms with Crippen molar-refractivity contribution >= 4 is 23.2 Å². The van der Waals surface area contributed by atoms with Gasteiger partial charge in [-0.05, 0) is 29.8 Å². The maximum atomic E-state index is 12.9. The van der Waals surface area contributed by atoms with Gasteiger partial charge in [-0.25, -0.2) is 14.3 Å². The van der Waals surface area contributed by atoms with Crippen LogP contribution in [-0.2, 0) is 11.3 Å². The van der Waals surface area contributed by atoms with Gasteiger partial charge in [-0.3, -0.25) is 9.59 Å². The van der Waals surface area contributed by atoms with E-state index in [0.717, 1.165) is 9.25 Å². The van der Waals surface area contributed by atoms with E-state index in [2.05, 4.69) is 15.4 Å². The van der Waals surface area contributed by atoms with Crippen molar-refractivity contribution in [3.63, 3.8) is 0 Å². The number of anilines is 1. The van der Waals surface area contributed by atoms with E-state index >= 15 is 0 Å². The molecular formula is C18H16ClN5O4. The predicted molar refractivity (Wildman–Crippen MR) is 103 cm³/mol. The molecule has 9 nitrogen and oxygen atoms in total. The van der Waals surface area contributed by atoms with Crippen molar-refractivity contribution in [2.75, 3.05) is 12.4 Å². The number of rotatable bonds is 5. The van der Waals surface area contributed by atoms with Crippen LogP contribution in [0.15, 0.2) is 52.2 Å². The highest BCUT2D eigenvalue weighted by atomic mass is 35.5. The number of halogens is 1. The number of amides is 1. The first-order valence-corrected chi connectivity index (χ1v) is 8.53. The molecule has 0 radical (unpaired) electrons. The molecule has 0 aliphatic carbocycles. The van der Waals surface area contributed by atoms with Gasteiger partial charge in [0.2, 0.25) is 5.91 Å². The zero-order valence-electron chi connectivity index (χ0n) is 15.0. The Morgan fingerprint density at radius 3 is 2.68 bits per heavy atom. The number of carbonyl (C=O) groups excluding carboxylic acids is 1. The van der Waals surface area contributed by atoms with Crippen LogP contribution in [0.4, 0.5) is 5.69 Å². The second-order valence-electron chi connectivity index (χ2n) is 5.82. The van der Waals surface area contributed by atoms with Crippen molar-refractivity contribution in [3.05, 3.63) is 74.1 Å². The van der Waals surface area contributed by atoms with Crippen molar-refractivity contribution in [1.82, 2.24) is 19.3 Å². The molecule has 2 aromatic heterocycles. The molecular weight excluding hydrogens is 386 g/mol. The van der Waals surface area contributed by atoms with Gasteiger partial charge in [0.15, 0.2) is 0 Å². The molecule has 28 heavy (non-hydrogen) atoms. The number of carbonyl (C=O) groups is 1. The first kappa shape index (κ1) is 19.3. The van der Waals surface area contributed by atoms with Crippen LogP contribution in [0.1, 0.15) is 12.5 Å². The summed E-state index contributed by atoms with van der Waals surface area (Å²) >= 11 is 5.78. The fourth-order valence-corrected chi connectivity index (χ4v) is 2.64. The van der Waals surface area contributed by atoms with Crippen LogP contribution in [-0.4, -0.2) is 32.3 Å². The molecule has 0 saturated heterocycles. The third-order valence-corrected chi connectivity index (χ3v) is 3.99. The van der Waals surface area contributed by atoms with E-state index in [1.54, 1.807) is 36.4 Å². The van der Waals surface area contributed by atoms with Crippen molar-refractivity contribution in [2.24, 2.45) is 0 Å². The van der Waals surface area contributed by atoms with Gasteiger partial charge < -0.3 is 10.1 Å². The lowest BCUT2D eigenvalue weighted by molar-refractivity contribution is -0.114. The highest BCUT2D eigenvalue weighted by Crippen LogP contribution is 2.13. The van der Waals surface area contributed by atoms with Crippen LogP contribution < -0.4 is 21.3 Å². The average Bonchev–Trinajstić information content (AvgIpc) is 2.66. The Morgan fingerprint density at radius 1 is 1.25 bits per heavy atom. The van der Waals surface area contributed by atoms with Crippen LogP contribution in [0.25, 0.3) is 5.69 Å². The average molecular weight is 402 g/mol. The van der Waals surface area contributed by atoms with Crippen molar-refractivity contribution < 1.29 is 9.53 Å². The molecule has 3 rings (SSSR count). The van der Waals surface area contributed by atoms with Crippen LogP contribution >= 0.6 is 11.6 Å². The minimum absolute atomic E-state index is 0.0356. The monoisotopic (exact) mass is 401 g/mol. The van der Waals surface area contributed by atoms with Crippen molar-refractivity contribution in [3.8, 4) is 11.6 Å². The third-order valence-electron chi connectivity index (χ3n) is 3.76. The van der Waals surface area contributed by atoms with Crippen LogP contribution in [0, 0.1) is 0 Å². The molecule has 0 saturated carbocycles. The van der Waals surface area contributed by atoms with E-state index in [9.17, 15) is 14.4 Å². The molecule has 0 atom stereocenters. The van der Waals surface area contributed by atoms with E-state index in [4.69, 9.17) is 16.3 Å². The molecule has 0 spiro atoms. The predicted octanol–water partition coefficient (Wildman–Crippen LogP) is 1.46. The Morgan fingerprint density at radius 2 is 2.04 bits per heavy atom. The molecule has 2 heterocycles. The first-order chi connectivity index (χ1) is 13.4. The summed E-state index contributed by atoms with van der Waals surface area (Å²) < 4.78 is 7.07. The fourth-order valence-electron chi connectivity index (χ4n) is 2.53. The maximum absolute atomic E-state index is 12.9. The molecule has 3 aromatic rings. The second kappa shape index (κ2) is 8.05. The third kappa shape index (κ3) is 4.09. The smallest absolute Gasteiger partial charge is 0.352 e. The molecule has 0 aliphatic rings. The summed E-state index contributed by atoms with van der Waals surface area (Å²) in [4.78, 5) is 40.7. The molecule has 1 N–H and O–H groups in total. The zero-order chi connectivity index (χ0) is 20.3. The highest BCUT2D eigenvalue weighted by Gasteiger charge is 2.16. The Bertz CT molecular complexity index is 1140. The highest BCUT2D eigenvalue weighted by molar-refractivity contribution is 6.29. The Labute approximate surface area is 164 Å².